The van der Waals surface area contributed by atoms with Crippen LogP contribution in [0.1, 0.15) is 29.8 Å². The first-order chi connectivity index (χ1) is 12.6. The average Bonchev–Trinajstić information content (AvgIpc) is 3.15. The molecule has 3 aromatic rings. The Labute approximate surface area is 156 Å². The van der Waals surface area contributed by atoms with Crippen LogP contribution in [0.25, 0.3) is 5.69 Å². The van der Waals surface area contributed by atoms with Gasteiger partial charge >= 0.3 is 0 Å². The van der Waals surface area contributed by atoms with Crippen molar-refractivity contribution in [3.63, 3.8) is 0 Å². The number of aryl methyl sites for hydroxylation is 1. The Kier molecular flexibility index (Phi) is 5.68. The van der Waals surface area contributed by atoms with E-state index in [1.807, 2.05) is 55.5 Å². The molecule has 3 rings (SSSR count). The van der Waals surface area contributed by atoms with Crippen LogP contribution in [0.3, 0.4) is 0 Å². The Morgan fingerprint density at radius 2 is 1.92 bits per heavy atom. The van der Waals surface area contributed by atoms with Crippen molar-refractivity contribution in [3.05, 3.63) is 59.7 Å². The number of nitrogens with zero attached hydrogens (tertiary/aromatic N) is 4. The number of carbonyl (C=O) groups excluding carboxylic acids is 1. The van der Waals surface area contributed by atoms with E-state index in [2.05, 4.69) is 22.4 Å². The normalized spacial score (nSPS) is 12.0. The van der Waals surface area contributed by atoms with Crippen LogP contribution in [0, 0.1) is 0 Å². The van der Waals surface area contributed by atoms with E-state index in [4.69, 9.17) is 4.74 Å². The van der Waals surface area contributed by atoms with Gasteiger partial charge in [-0.05, 0) is 41.5 Å². The molecule has 0 amide bonds. The molecule has 0 spiro atoms. The molecule has 0 saturated heterocycles. The molecule has 0 aliphatic carbocycles. The Morgan fingerprint density at radius 1 is 1.19 bits per heavy atom. The maximum atomic E-state index is 12.7. The van der Waals surface area contributed by atoms with Gasteiger partial charge in [-0.15, -0.1) is 5.10 Å². The molecule has 0 aliphatic rings. The molecule has 134 valence electrons. The number of tetrazole rings is 1. The molecule has 7 heteroatoms. The number of benzene rings is 2. The highest BCUT2D eigenvalue weighted by molar-refractivity contribution is 8.00. The van der Waals surface area contributed by atoms with Crippen molar-refractivity contribution in [3.8, 4) is 11.4 Å². The van der Waals surface area contributed by atoms with Gasteiger partial charge in [-0.2, -0.15) is 4.68 Å². The number of thioether (sulfide) groups is 1. The fourth-order valence-electron chi connectivity index (χ4n) is 2.56. The van der Waals surface area contributed by atoms with Crippen molar-refractivity contribution >= 4 is 17.5 Å². The molecule has 1 atom stereocenters. The van der Waals surface area contributed by atoms with Crippen LogP contribution in [0.2, 0.25) is 0 Å². The van der Waals surface area contributed by atoms with Crippen molar-refractivity contribution < 1.29 is 9.53 Å². The first-order valence-electron chi connectivity index (χ1n) is 8.35. The minimum atomic E-state index is -0.318. The Morgan fingerprint density at radius 3 is 2.62 bits per heavy atom. The third-order valence-corrected chi connectivity index (χ3v) is 5.09. The highest BCUT2D eigenvalue weighted by atomic mass is 32.2. The van der Waals surface area contributed by atoms with E-state index >= 15 is 0 Å². The number of carbonyl (C=O) groups is 1. The lowest BCUT2D eigenvalue weighted by atomic mass is 10.1. The summed E-state index contributed by atoms with van der Waals surface area (Å²) in [6, 6.07) is 15.2. The third-order valence-electron chi connectivity index (χ3n) is 4.05. The van der Waals surface area contributed by atoms with Gasteiger partial charge in [0.1, 0.15) is 11.4 Å². The fourth-order valence-corrected chi connectivity index (χ4v) is 3.44. The summed E-state index contributed by atoms with van der Waals surface area (Å²) in [5, 5.41) is 12.1. The van der Waals surface area contributed by atoms with E-state index in [0.717, 1.165) is 12.1 Å². The summed E-state index contributed by atoms with van der Waals surface area (Å²) >= 11 is 1.33. The molecule has 0 fully saturated rings. The van der Waals surface area contributed by atoms with Crippen LogP contribution in [0.15, 0.2) is 53.7 Å². The van der Waals surface area contributed by atoms with Crippen LogP contribution in [0.4, 0.5) is 0 Å². The zero-order valence-corrected chi connectivity index (χ0v) is 15.7. The second kappa shape index (κ2) is 8.14. The minimum Gasteiger partial charge on any atom is -0.494 e. The SMILES string of the molecule is CCc1ccc(C(=O)C(C)Sc2nnnn2-c2ccccc2OC)cc1. The zero-order valence-electron chi connectivity index (χ0n) is 14.9. The van der Waals surface area contributed by atoms with Gasteiger partial charge in [0.05, 0.1) is 12.4 Å². The molecule has 0 N–H and O–H groups in total. The number of para-hydroxylation sites is 2. The van der Waals surface area contributed by atoms with Crippen molar-refractivity contribution in [2.45, 2.75) is 30.7 Å². The van der Waals surface area contributed by atoms with E-state index in [1.54, 1.807) is 11.8 Å². The fraction of sp³-hybridized carbons (Fsp3) is 0.263. The van der Waals surface area contributed by atoms with Crippen molar-refractivity contribution in [1.82, 2.24) is 20.2 Å². The molecule has 2 aromatic carbocycles. The lowest BCUT2D eigenvalue weighted by Gasteiger charge is -2.12. The molecular formula is C19H20N4O2S. The Hall–Kier alpha value is -2.67. The lowest BCUT2D eigenvalue weighted by molar-refractivity contribution is 0.0994. The van der Waals surface area contributed by atoms with Crippen molar-refractivity contribution in [2.75, 3.05) is 7.11 Å². The molecule has 0 bridgehead atoms. The molecular weight excluding hydrogens is 348 g/mol. The van der Waals surface area contributed by atoms with E-state index in [0.29, 0.717) is 16.5 Å². The first-order valence-corrected chi connectivity index (χ1v) is 9.23. The zero-order chi connectivity index (χ0) is 18.5. The number of ether oxygens (including phenoxy) is 1. The van der Waals surface area contributed by atoms with Gasteiger partial charge in [0.25, 0.3) is 0 Å². The molecule has 1 unspecified atom stereocenters. The minimum absolute atomic E-state index is 0.0484. The molecule has 6 nitrogen and oxygen atoms in total. The summed E-state index contributed by atoms with van der Waals surface area (Å²) in [4.78, 5) is 12.7. The average molecular weight is 368 g/mol. The van der Waals surface area contributed by atoms with Crippen LogP contribution < -0.4 is 4.74 Å². The molecule has 0 radical (unpaired) electrons. The number of methoxy groups -OCH3 is 1. The van der Waals surface area contributed by atoms with E-state index < -0.39 is 0 Å². The van der Waals surface area contributed by atoms with Gasteiger partial charge in [0, 0.05) is 5.56 Å². The van der Waals surface area contributed by atoms with Gasteiger partial charge in [-0.1, -0.05) is 55.1 Å². The molecule has 1 aromatic heterocycles. The predicted octanol–water partition coefficient (Wildman–Crippen LogP) is 3.60. The van der Waals surface area contributed by atoms with E-state index in [9.17, 15) is 4.79 Å². The monoisotopic (exact) mass is 368 g/mol. The topological polar surface area (TPSA) is 69.9 Å². The predicted molar refractivity (Wildman–Crippen MR) is 101 cm³/mol. The van der Waals surface area contributed by atoms with Gasteiger partial charge in [0.15, 0.2) is 5.78 Å². The maximum absolute atomic E-state index is 12.7. The standard InChI is InChI=1S/C19H20N4O2S/c1-4-14-9-11-15(12-10-14)18(24)13(2)26-19-20-21-22-23(19)16-7-5-6-8-17(16)25-3/h5-13H,4H2,1-3H3. The van der Waals surface area contributed by atoms with Gasteiger partial charge in [-0.3, -0.25) is 4.79 Å². The Bertz CT molecular complexity index is 893. The second-order valence-electron chi connectivity index (χ2n) is 5.72. The number of rotatable bonds is 7. The van der Waals surface area contributed by atoms with Gasteiger partial charge < -0.3 is 4.74 Å². The van der Waals surface area contributed by atoms with Crippen LogP contribution in [-0.2, 0) is 6.42 Å². The van der Waals surface area contributed by atoms with Crippen molar-refractivity contribution in [2.24, 2.45) is 0 Å². The summed E-state index contributed by atoms with van der Waals surface area (Å²) in [5.74, 6) is 0.711. The lowest BCUT2D eigenvalue weighted by Crippen LogP contribution is -2.15. The molecule has 0 saturated carbocycles. The van der Waals surface area contributed by atoms with Crippen molar-refractivity contribution in [1.29, 1.82) is 0 Å². The first kappa shape index (κ1) is 18.1. The number of Topliss-reactive ketones (excluding diaryl/α,β-unsaturated/α-hetero) is 1. The van der Waals surface area contributed by atoms with E-state index in [1.165, 1.54) is 17.3 Å². The van der Waals surface area contributed by atoms with Crippen LogP contribution in [0.5, 0.6) is 5.75 Å². The highest BCUT2D eigenvalue weighted by Crippen LogP contribution is 2.28. The number of hydrogen-bond donors (Lipinski definition) is 0. The summed E-state index contributed by atoms with van der Waals surface area (Å²) in [6.45, 7) is 3.95. The quantitative estimate of drug-likeness (QED) is 0.469. The third kappa shape index (κ3) is 3.77. The second-order valence-corrected chi connectivity index (χ2v) is 7.03. The molecule has 26 heavy (non-hydrogen) atoms. The van der Waals surface area contributed by atoms with Gasteiger partial charge in [0.2, 0.25) is 5.16 Å². The number of ketones is 1. The molecule has 1 heterocycles. The largest absolute Gasteiger partial charge is 0.494 e. The highest BCUT2D eigenvalue weighted by Gasteiger charge is 2.21. The van der Waals surface area contributed by atoms with Gasteiger partial charge in [-0.25, -0.2) is 0 Å². The van der Waals surface area contributed by atoms with Crippen LogP contribution in [-0.4, -0.2) is 38.4 Å². The number of hydrogen-bond acceptors (Lipinski definition) is 6. The number of aromatic nitrogens is 4. The summed E-state index contributed by atoms with van der Waals surface area (Å²) < 4.78 is 6.97. The summed E-state index contributed by atoms with van der Waals surface area (Å²) in [7, 11) is 1.60. The smallest absolute Gasteiger partial charge is 0.214 e. The maximum Gasteiger partial charge on any atom is 0.214 e. The summed E-state index contributed by atoms with van der Waals surface area (Å²) in [5.41, 5.74) is 2.63. The van der Waals surface area contributed by atoms with E-state index in [-0.39, 0.29) is 11.0 Å². The Balaban J connectivity index is 1.81. The van der Waals surface area contributed by atoms with Crippen LogP contribution >= 0.6 is 11.8 Å². The summed E-state index contributed by atoms with van der Waals surface area (Å²) in [6.07, 6.45) is 0.951. The molecule has 0 aliphatic heterocycles.